The highest BCUT2D eigenvalue weighted by atomic mass is 32.1. The Bertz CT molecular complexity index is 1400. The molecule has 206 valence electrons. The molecule has 2 aliphatic heterocycles. The number of alkyl carbamates (subject to hydrolysis) is 1. The first-order valence-electron chi connectivity index (χ1n) is 12.4. The first-order valence-corrected chi connectivity index (χ1v) is 13.2. The molecule has 3 aromatic rings. The average Bonchev–Trinajstić information content (AvgIpc) is 3.47. The summed E-state index contributed by atoms with van der Waals surface area (Å²) in [5, 5.41) is 12.3. The summed E-state index contributed by atoms with van der Waals surface area (Å²) in [4.78, 5) is 43.2. The molecule has 2 aromatic carbocycles. The maximum absolute atomic E-state index is 15.1. The minimum atomic E-state index is -0.619. The molecule has 0 radical (unpaired) electrons. The zero-order valence-electron chi connectivity index (χ0n) is 21.2. The van der Waals surface area contributed by atoms with Crippen LogP contribution in [0.25, 0.3) is 0 Å². The number of ether oxygens (including phenoxy) is 2. The highest BCUT2D eigenvalue weighted by molar-refractivity contribution is 7.09. The van der Waals surface area contributed by atoms with Crippen LogP contribution in [0.2, 0.25) is 0 Å². The molecule has 13 heteroatoms. The SMILES string of the molecule is COC(=O)NC[C@H]1CN(c2ccc(N3CCN(c4ccc(Cc5sc(=O)[nH]c5O)cc4)CC3)c(F)c2)C(=O)O1. The Hall–Kier alpha value is -4.26. The van der Waals surface area contributed by atoms with Crippen LogP contribution < -0.4 is 24.9 Å². The highest BCUT2D eigenvalue weighted by Crippen LogP contribution is 2.29. The zero-order chi connectivity index (χ0) is 27.5. The fraction of sp³-hybridized carbons (Fsp3) is 0.346. The number of carbonyl (C=O) groups is 2. The van der Waals surface area contributed by atoms with Gasteiger partial charge in [-0.15, -0.1) is 0 Å². The second kappa shape index (κ2) is 11.2. The molecule has 11 nitrogen and oxygen atoms in total. The second-order valence-electron chi connectivity index (χ2n) is 9.23. The van der Waals surface area contributed by atoms with E-state index in [0.29, 0.717) is 48.9 Å². The van der Waals surface area contributed by atoms with E-state index in [9.17, 15) is 19.5 Å². The summed E-state index contributed by atoms with van der Waals surface area (Å²) in [5.41, 5.74) is 2.89. The highest BCUT2D eigenvalue weighted by Gasteiger charge is 2.33. The molecular formula is C26H28FN5O6S. The van der Waals surface area contributed by atoms with Gasteiger partial charge in [0.05, 0.1) is 36.5 Å². The van der Waals surface area contributed by atoms with Crippen molar-refractivity contribution in [3.8, 4) is 5.88 Å². The Kier molecular flexibility index (Phi) is 7.59. The van der Waals surface area contributed by atoms with E-state index in [0.717, 1.165) is 22.6 Å². The summed E-state index contributed by atoms with van der Waals surface area (Å²) in [6.07, 6.45) is -1.31. The van der Waals surface area contributed by atoms with Gasteiger partial charge in [0.25, 0.3) is 0 Å². The van der Waals surface area contributed by atoms with Crippen LogP contribution in [0.4, 0.5) is 31.0 Å². The largest absolute Gasteiger partial charge is 0.494 e. The van der Waals surface area contributed by atoms with Gasteiger partial charge in [-0.3, -0.25) is 14.7 Å². The number of hydrogen-bond acceptors (Lipinski definition) is 9. The normalized spacial score (nSPS) is 17.3. The molecule has 3 heterocycles. The first-order chi connectivity index (χ1) is 18.8. The molecule has 0 bridgehead atoms. The van der Waals surface area contributed by atoms with Gasteiger partial charge >= 0.3 is 17.1 Å². The number of carbonyl (C=O) groups excluding carboxylic acids is 2. The third-order valence-corrected chi connectivity index (χ3v) is 7.64. The summed E-state index contributed by atoms with van der Waals surface area (Å²) in [5.74, 6) is -0.507. The van der Waals surface area contributed by atoms with Crippen molar-refractivity contribution in [3.63, 3.8) is 0 Å². The molecule has 1 atom stereocenters. The molecule has 3 N–H and O–H groups in total. The molecule has 0 saturated carbocycles. The molecule has 0 spiro atoms. The molecule has 39 heavy (non-hydrogen) atoms. The summed E-state index contributed by atoms with van der Waals surface area (Å²) < 4.78 is 24.9. The van der Waals surface area contributed by atoms with Crippen molar-refractivity contribution in [2.24, 2.45) is 0 Å². The Labute approximate surface area is 227 Å². The van der Waals surface area contributed by atoms with Crippen LogP contribution in [0.1, 0.15) is 10.4 Å². The minimum absolute atomic E-state index is 0.0806. The number of aromatic amines is 1. The second-order valence-corrected chi connectivity index (χ2v) is 10.3. The summed E-state index contributed by atoms with van der Waals surface area (Å²) in [6.45, 7) is 2.93. The van der Waals surface area contributed by atoms with Crippen LogP contribution in [0, 0.1) is 5.82 Å². The predicted molar refractivity (Wildman–Crippen MR) is 145 cm³/mol. The van der Waals surface area contributed by atoms with Crippen molar-refractivity contribution in [2.45, 2.75) is 12.5 Å². The molecular weight excluding hydrogens is 529 g/mol. The fourth-order valence-electron chi connectivity index (χ4n) is 4.72. The van der Waals surface area contributed by atoms with Crippen molar-refractivity contribution < 1.29 is 28.6 Å². The topological polar surface area (TPSA) is 127 Å². The van der Waals surface area contributed by atoms with Gasteiger partial charge in [0.1, 0.15) is 11.9 Å². The number of thiazole rings is 1. The average molecular weight is 558 g/mol. The third kappa shape index (κ3) is 5.93. The Morgan fingerprint density at radius 1 is 1.13 bits per heavy atom. The standard InChI is InChI=1S/C26H28FN5O6S/c1-37-24(34)28-14-19-15-32(26(36)38-19)18-6-7-21(20(27)13-18)31-10-8-30(9-11-31)17-4-2-16(3-5-17)12-22-23(33)29-25(35)39-22/h2-7,13,19,33H,8-12,14-15H2,1H3,(H,28,34)(H,29,35)/t19-/m0/s1. The van der Waals surface area contributed by atoms with Crippen molar-refractivity contribution in [2.75, 3.05) is 61.1 Å². The quantitative estimate of drug-likeness (QED) is 0.405. The van der Waals surface area contributed by atoms with Crippen LogP contribution in [0.15, 0.2) is 47.3 Å². The van der Waals surface area contributed by atoms with E-state index >= 15 is 4.39 Å². The van der Waals surface area contributed by atoms with E-state index in [4.69, 9.17) is 4.74 Å². The number of hydrogen-bond donors (Lipinski definition) is 3. The molecule has 2 fully saturated rings. The number of nitrogens with zero attached hydrogens (tertiary/aromatic N) is 3. The number of halogens is 1. The summed E-state index contributed by atoms with van der Waals surface area (Å²) in [7, 11) is 1.25. The number of methoxy groups -OCH3 is 1. The lowest BCUT2D eigenvalue weighted by Gasteiger charge is -2.37. The first kappa shape index (κ1) is 26.4. The van der Waals surface area contributed by atoms with E-state index in [1.165, 1.54) is 18.1 Å². The summed E-state index contributed by atoms with van der Waals surface area (Å²) in [6, 6.07) is 12.7. The van der Waals surface area contributed by atoms with Crippen LogP contribution in [0.5, 0.6) is 5.88 Å². The van der Waals surface area contributed by atoms with Gasteiger partial charge in [0.2, 0.25) is 5.88 Å². The van der Waals surface area contributed by atoms with Crippen LogP contribution in [-0.2, 0) is 15.9 Å². The molecule has 0 aliphatic carbocycles. The predicted octanol–water partition coefficient (Wildman–Crippen LogP) is 2.88. The lowest BCUT2D eigenvalue weighted by Crippen LogP contribution is -2.46. The van der Waals surface area contributed by atoms with Gasteiger partial charge in [-0.2, -0.15) is 0 Å². The van der Waals surface area contributed by atoms with Crippen molar-refractivity contribution in [1.29, 1.82) is 0 Å². The maximum atomic E-state index is 15.1. The third-order valence-electron chi connectivity index (χ3n) is 6.76. The van der Waals surface area contributed by atoms with E-state index in [1.807, 2.05) is 29.2 Å². The number of nitrogens with one attached hydrogen (secondary N) is 2. The lowest BCUT2D eigenvalue weighted by molar-refractivity contribution is 0.132. The lowest BCUT2D eigenvalue weighted by atomic mass is 10.1. The number of piperazine rings is 1. The van der Waals surface area contributed by atoms with Gasteiger partial charge in [-0.25, -0.2) is 14.0 Å². The number of H-pyrrole nitrogens is 1. The van der Waals surface area contributed by atoms with Crippen LogP contribution in [0.3, 0.4) is 0 Å². The van der Waals surface area contributed by atoms with Crippen LogP contribution >= 0.6 is 11.3 Å². The van der Waals surface area contributed by atoms with E-state index < -0.39 is 24.1 Å². The Balaban J connectivity index is 1.16. The number of benzene rings is 2. The molecule has 1 aromatic heterocycles. The smallest absolute Gasteiger partial charge is 0.414 e. The molecule has 2 saturated heterocycles. The van der Waals surface area contributed by atoms with Gasteiger partial charge in [0.15, 0.2) is 0 Å². The number of cyclic esters (lactones) is 1. The van der Waals surface area contributed by atoms with Crippen molar-refractivity contribution in [3.05, 3.63) is 68.4 Å². The monoisotopic (exact) mass is 557 g/mol. The molecule has 2 amide bonds. The Morgan fingerprint density at radius 2 is 1.82 bits per heavy atom. The Morgan fingerprint density at radius 3 is 2.46 bits per heavy atom. The number of aromatic hydroxyl groups is 1. The maximum Gasteiger partial charge on any atom is 0.414 e. The summed E-state index contributed by atoms with van der Waals surface area (Å²) >= 11 is 1.00. The van der Waals surface area contributed by atoms with E-state index in [1.54, 1.807) is 12.1 Å². The number of rotatable bonds is 7. The van der Waals surface area contributed by atoms with Crippen molar-refractivity contribution in [1.82, 2.24) is 10.3 Å². The number of anilines is 3. The van der Waals surface area contributed by atoms with E-state index in [-0.39, 0.29) is 23.8 Å². The zero-order valence-corrected chi connectivity index (χ0v) is 22.0. The van der Waals surface area contributed by atoms with Crippen molar-refractivity contribution >= 4 is 40.6 Å². The number of aromatic nitrogens is 1. The van der Waals surface area contributed by atoms with Gasteiger partial charge < -0.3 is 29.7 Å². The minimum Gasteiger partial charge on any atom is -0.494 e. The van der Waals surface area contributed by atoms with E-state index in [2.05, 4.69) is 19.9 Å². The molecule has 5 rings (SSSR count). The molecule has 2 aliphatic rings. The van der Waals surface area contributed by atoms with Crippen LogP contribution in [-0.4, -0.2) is 74.8 Å². The molecule has 0 unspecified atom stereocenters. The van der Waals surface area contributed by atoms with Gasteiger partial charge in [0, 0.05) is 38.3 Å². The fourth-order valence-corrected chi connectivity index (χ4v) is 5.47. The van der Waals surface area contributed by atoms with Gasteiger partial charge in [-0.1, -0.05) is 23.5 Å². The number of amides is 2. The van der Waals surface area contributed by atoms with Gasteiger partial charge in [-0.05, 0) is 35.9 Å².